The van der Waals surface area contributed by atoms with E-state index in [1.54, 1.807) is 13.8 Å². The van der Waals surface area contributed by atoms with Crippen molar-refractivity contribution in [1.82, 2.24) is 10.6 Å². The van der Waals surface area contributed by atoms with Crippen molar-refractivity contribution >= 4 is 45.2 Å². The van der Waals surface area contributed by atoms with Crippen LogP contribution in [-0.4, -0.2) is 35.1 Å². The minimum atomic E-state index is -0.267. The summed E-state index contributed by atoms with van der Waals surface area (Å²) >= 11 is 0. The van der Waals surface area contributed by atoms with E-state index in [4.69, 9.17) is 0 Å². The summed E-state index contributed by atoms with van der Waals surface area (Å²) in [6.07, 6.45) is 3.04. The molecule has 2 unspecified atom stereocenters. The Bertz CT molecular complexity index is 680. The number of rotatable bonds is 11. The molecule has 0 spiro atoms. The van der Waals surface area contributed by atoms with Crippen LogP contribution in [0.5, 0.6) is 0 Å². The molecule has 0 saturated heterocycles. The first kappa shape index (κ1) is 22.7. The fourth-order valence-corrected chi connectivity index (χ4v) is 6.00. The normalized spacial score (nSPS) is 19.4. The van der Waals surface area contributed by atoms with Gasteiger partial charge in [0.1, 0.15) is 0 Å². The van der Waals surface area contributed by atoms with Gasteiger partial charge in [-0.05, 0) is 51.4 Å². The fourth-order valence-electron chi connectivity index (χ4n) is 3.04. The highest BCUT2D eigenvalue weighted by molar-refractivity contribution is 8.76. The van der Waals surface area contributed by atoms with Crippen LogP contribution in [0.3, 0.4) is 0 Å². The van der Waals surface area contributed by atoms with Gasteiger partial charge in [-0.3, -0.25) is 29.8 Å². The van der Waals surface area contributed by atoms with Gasteiger partial charge in [-0.2, -0.15) is 0 Å². The van der Waals surface area contributed by atoms with Crippen LogP contribution in [0.25, 0.3) is 0 Å². The molecule has 8 heteroatoms. The van der Waals surface area contributed by atoms with Crippen LogP contribution in [0.1, 0.15) is 53.4 Å². The summed E-state index contributed by atoms with van der Waals surface area (Å²) in [6.45, 7) is 7.72. The minimum Gasteiger partial charge on any atom is -0.289 e. The second kappa shape index (κ2) is 10.3. The number of amides is 4. The summed E-state index contributed by atoms with van der Waals surface area (Å²) in [7, 11) is 3.64. The Morgan fingerprint density at radius 2 is 1.04 bits per heavy atom. The van der Waals surface area contributed by atoms with Crippen molar-refractivity contribution in [2.45, 2.75) is 53.4 Å². The van der Waals surface area contributed by atoms with Crippen molar-refractivity contribution in [3.05, 3.63) is 22.3 Å². The summed E-state index contributed by atoms with van der Waals surface area (Å²) in [5.74, 6) is 1.87. The molecule has 2 heterocycles. The van der Waals surface area contributed by atoms with Crippen LogP contribution in [0, 0.1) is 11.8 Å². The first-order valence-electron chi connectivity index (χ1n) is 9.56. The molecule has 2 aliphatic rings. The molecule has 0 radical (unpaired) electrons. The molecular formula is C20H28N2O4S2. The zero-order valence-electron chi connectivity index (χ0n) is 16.8. The highest BCUT2D eigenvalue weighted by Crippen LogP contribution is 2.30. The Morgan fingerprint density at radius 1 is 0.679 bits per heavy atom. The SMILES string of the molecule is CC1=C(CCC(C)CSSCC(C)CCC2=C(C)C(=O)NC2=O)C(=O)NC1=O. The van der Waals surface area contributed by atoms with Crippen LogP contribution in [-0.2, 0) is 19.2 Å². The number of nitrogens with one attached hydrogen (secondary N) is 2. The van der Waals surface area contributed by atoms with Crippen LogP contribution < -0.4 is 10.6 Å². The van der Waals surface area contributed by atoms with E-state index in [2.05, 4.69) is 24.5 Å². The van der Waals surface area contributed by atoms with E-state index in [0.29, 0.717) is 47.0 Å². The number of carbonyl (C=O) groups excluding carboxylic acids is 4. The lowest BCUT2D eigenvalue weighted by molar-refractivity contribution is -0.125. The van der Waals surface area contributed by atoms with Gasteiger partial charge < -0.3 is 0 Å². The smallest absolute Gasteiger partial charge is 0.254 e. The topological polar surface area (TPSA) is 92.3 Å². The van der Waals surface area contributed by atoms with E-state index >= 15 is 0 Å². The van der Waals surface area contributed by atoms with E-state index in [9.17, 15) is 19.2 Å². The Morgan fingerprint density at radius 3 is 1.32 bits per heavy atom. The molecular weight excluding hydrogens is 396 g/mol. The molecule has 4 amide bonds. The monoisotopic (exact) mass is 424 g/mol. The first-order chi connectivity index (χ1) is 13.2. The maximum Gasteiger partial charge on any atom is 0.254 e. The molecule has 0 aromatic rings. The lowest BCUT2D eigenvalue weighted by Crippen LogP contribution is -2.23. The lowest BCUT2D eigenvalue weighted by Gasteiger charge is -2.13. The van der Waals surface area contributed by atoms with Crippen LogP contribution in [0.15, 0.2) is 22.3 Å². The fraction of sp³-hybridized carbons (Fsp3) is 0.600. The molecule has 0 bridgehead atoms. The van der Waals surface area contributed by atoms with Crippen molar-refractivity contribution in [2.24, 2.45) is 11.8 Å². The van der Waals surface area contributed by atoms with Crippen molar-refractivity contribution in [2.75, 3.05) is 11.5 Å². The molecule has 2 rings (SSSR count). The van der Waals surface area contributed by atoms with E-state index < -0.39 is 0 Å². The van der Waals surface area contributed by atoms with Gasteiger partial charge in [-0.25, -0.2) is 0 Å². The maximum absolute atomic E-state index is 11.7. The molecule has 0 aromatic heterocycles. The summed E-state index contributed by atoms with van der Waals surface area (Å²) in [5.41, 5.74) is 2.36. The van der Waals surface area contributed by atoms with Crippen molar-refractivity contribution < 1.29 is 19.2 Å². The van der Waals surface area contributed by atoms with Crippen LogP contribution >= 0.6 is 21.6 Å². The maximum atomic E-state index is 11.7. The third-order valence-electron chi connectivity index (χ3n) is 5.15. The Kier molecular flexibility index (Phi) is 8.37. The molecule has 28 heavy (non-hydrogen) atoms. The Balaban J connectivity index is 1.60. The average molecular weight is 425 g/mol. The quantitative estimate of drug-likeness (QED) is 0.301. The molecule has 154 valence electrons. The van der Waals surface area contributed by atoms with Gasteiger partial charge >= 0.3 is 0 Å². The Labute approximate surface area is 174 Å². The van der Waals surface area contributed by atoms with Gasteiger partial charge in [0.2, 0.25) is 0 Å². The zero-order valence-corrected chi connectivity index (χ0v) is 18.5. The lowest BCUT2D eigenvalue weighted by atomic mass is 10.0. The second-order valence-corrected chi connectivity index (χ2v) is 10.2. The van der Waals surface area contributed by atoms with Gasteiger partial charge in [0.15, 0.2) is 0 Å². The summed E-state index contributed by atoms with van der Waals surface area (Å²) in [6, 6.07) is 0. The van der Waals surface area contributed by atoms with E-state index in [1.807, 2.05) is 21.6 Å². The first-order valence-corrected chi connectivity index (χ1v) is 12.0. The number of imide groups is 2. The van der Waals surface area contributed by atoms with Crippen molar-refractivity contribution in [1.29, 1.82) is 0 Å². The predicted octanol–water partition coefficient (Wildman–Crippen LogP) is 3.15. The predicted molar refractivity (Wildman–Crippen MR) is 113 cm³/mol. The largest absolute Gasteiger partial charge is 0.289 e. The highest BCUT2D eigenvalue weighted by atomic mass is 33.1. The van der Waals surface area contributed by atoms with Gasteiger partial charge in [0, 0.05) is 33.8 Å². The van der Waals surface area contributed by atoms with Crippen LogP contribution in [0.2, 0.25) is 0 Å². The molecule has 0 saturated carbocycles. The van der Waals surface area contributed by atoms with Crippen molar-refractivity contribution in [3.63, 3.8) is 0 Å². The second-order valence-electron chi connectivity index (χ2n) is 7.63. The van der Waals surface area contributed by atoms with Gasteiger partial charge in [0.05, 0.1) is 0 Å². The molecule has 2 atom stereocenters. The zero-order chi connectivity index (χ0) is 20.8. The average Bonchev–Trinajstić information content (AvgIpc) is 3.02. The molecule has 6 nitrogen and oxygen atoms in total. The number of hydrogen-bond donors (Lipinski definition) is 2. The van der Waals surface area contributed by atoms with Gasteiger partial charge in [0.25, 0.3) is 23.6 Å². The van der Waals surface area contributed by atoms with Gasteiger partial charge in [-0.1, -0.05) is 35.4 Å². The van der Waals surface area contributed by atoms with Crippen LogP contribution in [0.4, 0.5) is 0 Å². The number of carbonyl (C=O) groups is 4. The summed E-state index contributed by atoms with van der Waals surface area (Å²) in [5, 5.41) is 4.67. The molecule has 2 aliphatic heterocycles. The summed E-state index contributed by atoms with van der Waals surface area (Å²) in [4.78, 5) is 46.4. The van der Waals surface area contributed by atoms with Crippen molar-refractivity contribution in [3.8, 4) is 0 Å². The number of hydrogen-bond acceptors (Lipinski definition) is 6. The van der Waals surface area contributed by atoms with E-state index in [0.717, 1.165) is 24.3 Å². The summed E-state index contributed by atoms with van der Waals surface area (Å²) < 4.78 is 0. The highest BCUT2D eigenvalue weighted by Gasteiger charge is 2.27. The molecule has 2 N–H and O–H groups in total. The molecule has 0 fully saturated rings. The van der Waals surface area contributed by atoms with Gasteiger partial charge in [-0.15, -0.1) is 0 Å². The minimum absolute atomic E-state index is 0.242. The standard InChI is InChI=1S/C20H28N2O4S2/c1-11(5-7-15-13(3)17(23)21-19(15)25)9-27-28-10-12(2)6-8-16-14(4)18(24)22-20(16)26/h11-12H,5-10H2,1-4H3,(H,21,23,25)(H,22,24,26). The molecule has 0 aliphatic carbocycles. The van der Waals surface area contributed by atoms with E-state index in [1.165, 1.54) is 0 Å². The third-order valence-corrected chi connectivity index (χ3v) is 8.04. The third kappa shape index (κ3) is 5.98. The van der Waals surface area contributed by atoms with E-state index in [-0.39, 0.29) is 23.6 Å². The Hall–Kier alpha value is -1.54. The molecule has 0 aromatic carbocycles.